The average molecular weight is 304 g/mol. The summed E-state index contributed by atoms with van der Waals surface area (Å²) in [6.45, 7) is 3.01. The Labute approximate surface area is 114 Å². The lowest BCUT2D eigenvalue weighted by Gasteiger charge is -2.04. The molecule has 2 N–H and O–H groups in total. The Bertz CT molecular complexity index is 182. The van der Waals surface area contributed by atoms with Gasteiger partial charge in [0.2, 0.25) is 0 Å². The molecule has 96 valence electrons. The summed E-state index contributed by atoms with van der Waals surface area (Å²) in [5.74, 6) is 1.01. The second-order valence-corrected chi connectivity index (χ2v) is 6.92. The molecule has 1 aliphatic rings. The molecule has 0 aromatic heterocycles. The first-order valence-electron chi connectivity index (χ1n) is 4.35. The largest absolute Gasteiger partial charge is 0.480 e. The number of carboxylic acid groups (broad SMARTS) is 2. The lowest BCUT2D eigenvalue weighted by Crippen LogP contribution is -2.06. The second kappa shape index (κ2) is 11.8. The molecule has 0 aliphatic carbocycles. The van der Waals surface area contributed by atoms with Crippen molar-refractivity contribution < 1.29 is 19.8 Å². The topological polar surface area (TPSA) is 74.6 Å². The molecule has 1 fully saturated rings. The van der Waals surface area contributed by atoms with E-state index in [2.05, 4.69) is 25.3 Å². The van der Waals surface area contributed by atoms with Crippen molar-refractivity contribution in [1.82, 2.24) is 0 Å². The molecule has 8 heteroatoms. The Kier molecular flexibility index (Phi) is 13.8. The third kappa shape index (κ3) is 16.8. The lowest BCUT2D eigenvalue weighted by atomic mass is 10.5. The summed E-state index contributed by atoms with van der Waals surface area (Å²) in [5, 5.41) is 14.8. The molecule has 0 bridgehead atoms. The van der Waals surface area contributed by atoms with Gasteiger partial charge in [0.25, 0.3) is 0 Å². The van der Waals surface area contributed by atoms with Crippen LogP contribution in [-0.4, -0.2) is 44.2 Å². The molecule has 0 radical (unpaired) electrons. The number of carboxylic acids is 2. The fraction of sp³-hybridized carbons (Fsp3) is 0.750. The Morgan fingerprint density at radius 3 is 1.12 bits per heavy atom. The van der Waals surface area contributed by atoms with Crippen LogP contribution in [-0.2, 0) is 9.59 Å². The van der Waals surface area contributed by atoms with E-state index >= 15 is 0 Å². The van der Waals surface area contributed by atoms with Crippen molar-refractivity contribution in [3.8, 4) is 0 Å². The van der Waals surface area contributed by atoms with Gasteiger partial charge < -0.3 is 10.2 Å². The van der Waals surface area contributed by atoms with E-state index in [4.69, 9.17) is 10.2 Å². The minimum absolute atomic E-state index is 0.537. The van der Waals surface area contributed by atoms with Crippen LogP contribution in [0, 0.1) is 0 Å². The summed E-state index contributed by atoms with van der Waals surface area (Å²) in [7, 11) is 3.91. The molecule has 1 aliphatic heterocycles. The normalized spacial score (nSPS) is 16.2. The second-order valence-electron chi connectivity index (χ2n) is 2.67. The predicted molar refractivity (Wildman–Crippen MR) is 77.1 cm³/mol. The van der Waals surface area contributed by atoms with Crippen molar-refractivity contribution in [3.05, 3.63) is 0 Å². The Balaban J connectivity index is 0. The highest BCUT2D eigenvalue weighted by molar-refractivity contribution is 8.79. The van der Waals surface area contributed by atoms with Crippen molar-refractivity contribution >= 4 is 58.8 Å². The molecule has 2 unspecified atom stereocenters. The number of rotatable bonds is 2. The van der Waals surface area contributed by atoms with Gasteiger partial charge in [0.05, 0.1) is 10.5 Å². The Hall–Kier alpha value is 0.340. The molecule has 0 spiro atoms. The Morgan fingerprint density at radius 1 is 1.00 bits per heavy atom. The number of hydrogen-bond donors (Lipinski definition) is 4. The van der Waals surface area contributed by atoms with Crippen molar-refractivity contribution in [2.24, 2.45) is 0 Å². The highest BCUT2D eigenvalue weighted by Gasteiger charge is 2.00. The van der Waals surface area contributed by atoms with Gasteiger partial charge in [-0.3, -0.25) is 9.59 Å². The standard InChI is InChI=1S/2C3H6O2S.C2H4S2/c2*1-2(6)3(4)5;1-2-4-3-1/h2*2,6H,1H3,(H,4,5);1-2H2. The number of hydrogen-bond acceptors (Lipinski definition) is 6. The summed E-state index contributed by atoms with van der Waals surface area (Å²) < 4.78 is 0. The van der Waals surface area contributed by atoms with Gasteiger partial charge in [0.15, 0.2) is 0 Å². The quantitative estimate of drug-likeness (QED) is 0.463. The molecule has 0 aromatic carbocycles. The van der Waals surface area contributed by atoms with Crippen molar-refractivity contribution in [2.45, 2.75) is 24.3 Å². The molecule has 16 heavy (non-hydrogen) atoms. The van der Waals surface area contributed by atoms with E-state index < -0.39 is 22.4 Å². The van der Waals surface area contributed by atoms with E-state index in [-0.39, 0.29) is 0 Å². The first kappa shape index (κ1) is 18.7. The van der Waals surface area contributed by atoms with Gasteiger partial charge >= 0.3 is 11.9 Å². The molecule has 0 saturated carbocycles. The smallest absolute Gasteiger partial charge is 0.316 e. The van der Waals surface area contributed by atoms with E-state index in [1.807, 2.05) is 21.6 Å². The number of thiol groups is 2. The van der Waals surface area contributed by atoms with E-state index in [9.17, 15) is 9.59 Å². The van der Waals surface area contributed by atoms with Crippen LogP contribution in [0.4, 0.5) is 0 Å². The van der Waals surface area contributed by atoms with Crippen LogP contribution >= 0.6 is 46.8 Å². The SMILES string of the molecule is C1CSS1.CC(S)C(=O)O.CC(S)C(=O)O. The molecule has 0 aromatic rings. The molecule has 1 heterocycles. The van der Waals surface area contributed by atoms with Gasteiger partial charge in [-0.1, -0.05) is 21.6 Å². The average Bonchev–Trinajstić information content (AvgIpc) is 2.01. The van der Waals surface area contributed by atoms with Crippen molar-refractivity contribution in [2.75, 3.05) is 11.5 Å². The molecule has 4 nitrogen and oxygen atoms in total. The molecular weight excluding hydrogens is 288 g/mol. The summed E-state index contributed by atoms with van der Waals surface area (Å²) in [6, 6.07) is 0. The van der Waals surface area contributed by atoms with E-state index in [1.165, 1.54) is 25.4 Å². The molecule has 1 saturated heterocycles. The van der Waals surface area contributed by atoms with Gasteiger partial charge in [-0.15, -0.1) is 0 Å². The number of aliphatic carboxylic acids is 2. The van der Waals surface area contributed by atoms with Crippen LogP contribution < -0.4 is 0 Å². The first-order valence-corrected chi connectivity index (χ1v) is 7.87. The number of carbonyl (C=O) groups is 2. The van der Waals surface area contributed by atoms with E-state index in [0.717, 1.165) is 0 Å². The third-order valence-electron chi connectivity index (χ3n) is 1.05. The maximum absolute atomic E-state index is 9.62. The predicted octanol–water partition coefficient (Wildman–Crippen LogP) is 2.16. The minimum atomic E-state index is -0.877. The van der Waals surface area contributed by atoms with E-state index in [1.54, 1.807) is 0 Å². The maximum atomic E-state index is 9.62. The van der Waals surface area contributed by atoms with Crippen LogP contribution in [0.25, 0.3) is 0 Å². The third-order valence-corrected chi connectivity index (χ3v) is 4.16. The fourth-order valence-corrected chi connectivity index (χ4v) is 0.750. The highest BCUT2D eigenvalue weighted by Crippen LogP contribution is 2.31. The zero-order valence-corrected chi connectivity index (χ0v) is 12.4. The van der Waals surface area contributed by atoms with Gasteiger partial charge in [0, 0.05) is 11.5 Å². The summed E-state index contributed by atoms with van der Waals surface area (Å²) in [6.07, 6.45) is 0. The Morgan fingerprint density at radius 2 is 1.12 bits per heavy atom. The molecular formula is C8H16O4S4. The van der Waals surface area contributed by atoms with Gasteiger partial charge in [-0.2, -0.15) is 25.3 Å². The summed E-state index contributed by atoms with van der Waals surface area (Å²) >= 11 is 7.19. The van der Waals surface area contributed by atoms with Gasteiger partial charge in [-0.05, 0) is 13.8 Å². The van der Waals surface area contributed by atoms with Crippen LogP contribution in [0.1, 0.15) is 13.8 Å². The molecule has 1 rings (SSSR count). The van der Waals surface area contributed by atoms with Crippen molar-refractivity contribution in [3.63, 3.8) is 0 Å². The maximum Gasteiger partial charge on any atom is 0.316 e. The fourth-order valence-electron chi connectivity index (χ4n) is 0.0833. The first-order chi connectivity index (χ1) is 7.29. The lowest BCUT2D eigenvalue weighted by molar-refractivity contribution is -0.137. The molecule has 0 amide bonds. The zero-order valence-electron chi connectivity index (χ0n) is 8.99. The molecule has 2 atom stereocenters. The van der Waals surface area contributed by atoms with Crippen molar-refractivity contribution in [1.29, 1.82) is 0 Å². The van der Waals surface area contributed by atoms with Crippen LogP contribution in [0.5, 0.6) is 0 Å². The van der Waals surface area contributed by atoms with E-state index in [0.29, 0.717) is 0 Å². The minimum Gasteiger partial charge on any atom is -0.480 e. The highest BCUT2D eigenvalue weighted by atomic mass is 33.1. The van der Waals surface area contributed by atoms with Crippen LogP contribution in [0.3, 0.4) is 0 Å². The van der Waals surface area contributed by atoms with Gasteiger partial charge in [-0.25, -0.2) is 0 Å². The summed E-state index contributed by atoms with van der Waals surface area (Å²) in [4.78, 5) is 19.2. The van der Waals surface area contributed by atoms with Crippen LogP contribution in [0.2, 0.25) is 0 Å². The van der Waals surface area contributed by atoms with Gasteiger partial charge in [0.1, 0.15) is 0 Å². The zero-order chi connectivity index (χ0) is 13.1. The van der Waals surface area contributed by atoms with Crippen LogP contribution in [0.15, 0.2) is 0 Å². The monoisotopic (exact) mass is 304 g/mol. The summed E-state index contributed by atoms with van der Waals surface area (Å²) in [5.41, 5.74) is 0.